The van der Waals surface area contributed by atoms with Crippen molar-refractivity contribution in [2.45, 2.75) is 54.1 Å². The summed E-state index contributed by atoms with van der Waals surface area (Å²) < 4.78 is 4.58. The quantitative estimate of drug-likeness (QED) is 0.618. The van der Waals surface area contributed by atoms with Gasteiger partial charge in [0, 0.05) is 0 Å². The van der Waals surface area contributed by atoms with Crippen molar-refractivity contribution < 1.29 is 9.53 Å². The Bertz CT molecular complexity index is 95.2. The van der Waals surface area contributed by atoms with E-state index in [0.29, 0.717) is 0 Å². The van der Waals surface area contributed by atoms with Gasteiger partial charge < -0.3 is 10.5 Å². The predicted molar refractivity (Wildman–Crippen MR) is 53.1 cm³/mol. The van der Waals surface area contributed by atoms with E-state index in [2.05, 4.69) is 4.74 Å². The Morgan fingerprint density at radius 2 is 1.33 bits per heavy atom. The largest absolute Gasteiger partial charge is 0.444 e. The highest BCUT2D eigenvalue weighted by Crippen LogP contribution is 2.04. The zero-order valence-corrected chi connectivity index (χ0v) is 9.39. The standard InChI is InChI=1S/C5H11NO2.2C2H6/c1-5(2,3)8-4(6)7;2*1-2/h1-3H3,(H2,6,7);2*1-2H3. The van der Waals surface area contributed by atoms with Gasteiger partial charge in [-0.15, -0.1) is 0 Å². The molecule has 0 aliphatic rings. The van der Waals surface area contributed by atoms with Crippen molar-refractivity contribution in [3.63, 3.8) is 0 Å². The molecule has 0 spiro atoms. The zero-order valence-electron chi connectivity index (χ0n) is 9.39. The number of hydrogen-bond acceptors (Lipinski definition) is 2. The topological polar surface area (TPSA) is 52.3 Å². The van der Waals surface area contributed by atoms with Crippen molar-refractivity contribution in [2.75, 3.05) is 0 Å². The number of rotatable bonds is 0. The zero-order chi connectivity index (χ0) is 10.8. The molecule has 0 saturated heterocycles. The van der Waals surface area contributed by atoms with Gasteiger partial charge in [-0.05, 0) is 20.8 Å². The first-order valence-corrected chi connectivity index (χ1v) is 4.40. The number of ether oxygens (including phenoxy) is 1. The summed E-state index contributed by atoms with van der Waals surface area (Å²) in [6.07, 6.45) is -0.725. The van der Waals surface area contributed by atoms with Gasteiger partial charge in [0.05, 0.1) is 0 Å². The van der Waals surface area contributed by atoms with Crippen LogP contribution in [0.4, 0.5) is 4.79 Å². The number of amides is 1. The van der Waals surface area contributed by atoms with E-state index in [4.69, 9.17) is 5.73 Å². The summed E-state index contributed by atoms with van der Waals surface area (Å²) in [5, 5.41) is 0. The van der Waals surface area contributed by atoms with E-state index in [1.54, 1.807) is 20.8 Å². The number of carbonyl (C=O) groups excluding carboxylic acids is 1. The minimum atomic E-state index is -0.725. The maximum absolute atomic E-state index is 10.0. The minimum absolute atomic E-state index is 0.453. The fraction of sp³-hybridized carbons (Fsp3) is 0.889. The second kappa shape index (κ2) is 10.3. The lowest BCUT2D eigenvalue weighted by atomic mass is 10.2. The molecule has 76 valence electrons. The van der Waals surface area contributed by atoms with E-state index >= 15 is 0 Å². The Labute approximate surface area is 76.3 Å². The summed E-state index contributed by atoms with van der Waals surface area (Å²) in [4.78, 5) is 10.0. The van der Waals surface area contributed by atoms with Crippen LogP contribution in [0.3, 0.4) is 0 Å². The molecular weight excluding hydrogens is 154 g/mol. The van der Waals surface area contributed by atoms with Crippen LogP contribution in [0.15, 0.2) is 0 Å². The SMILES string of the molecule is CC.CC.CC(C)(C)OC(N)=O. The van der Waals surface area contributed by atoms with Crippen LogP contribution in [0, 0.1) is 0 Å². The van der Waals surface area contributed by atoms with E-state index < -0.39 is 11.7 Å². The summed E-state index contributed by atoms with van der Waals surface area (Å²) in [6.45, 7) is 13.3. The van der Waals surface area contributed by atoms with Gasteiger partial charge in [-0.25, -0.2) is 4.79 Å². The molecule has 0 atom stereocenters. The van der Waals surface area contributed by atoms with Crippen LogP contribution in [0.2, 0.25) is 0 Å². The van der Waals surface area contributed by atoms with Crippen molar-refractivity contribution in [3.05, 3.63) is 0 Å². The molecular formula is C9H23NO2. The molecule has 0 aromatic heterocycles. The summed E-state index contributed by atoms with van der Waals surface area (Å²) in [7, 11) is 0. The molecule has 0 rings (SSSR count). The predicted octanol–water partition coefficient (Wildman–Crippen LogP) is 2.93. The first-order valence-electron chi connectivity index (χ1n) is 4.40. The molecule has 12 heavy (non-hydrogen) atoms. The second-order valence-corrected chi connectivity index (χ2v) is 2.53. The van der Waals surface area contributed by atoms with Gasteiger partial charge in [0.15, 0.2) is 0 Å². The fourth-order valence-corrected chi connectivity index (χ4v) is 0.302. The van der Waals surface area contributed by atoms with Gasteiger partial charge in [0.2, 0.25) is 0 Å². The maximum atomic E-state index is 10.0. The maximum Gasteiger partial charge on any atom is 0.405 e. The van der Waals surface area contributed by atoms with Crippen LogP contribution in [0.1, 0.15) is 48.5 Å². The Morgan fingerprint density at radius 1 is 1.08 bits per heavy atom. The van der Waals surface area contributed by atoms with Gasteiger partial charge in [-0.3, -0.25) is 0 Å². The van der Waals surface area contributed by atoms with Crippen molar-refractivity contribution in [2.24, 2.45) is 5.73 Å². The van der Waals surface area contributed by atoms with Crippen LogP contribution < -0.4 is 5.73 Å². The van der Waals surface area contributed by atoms with E-state index in [1.165, 1.54) is 0 Å². The summed E-state index contributed by atoms with van der Waals surface area (Å²) in [6, 6.07) is 0. The highest BCUT2D eigenvalue weighted by Gasteiger charge is 2.12. The Balaban J connectivity index is -0.000000175. The Morgan fingerprint density at radius 3 is 1.33 bits per heavy atom. The molecule has 0 bridgehead atoms. The summed E-state index contributed by atoms with van der Waals surface area (Å²) in [5.74, 6) is 0. The molecule has 3 nitrogen and oxygen atoms in total. The number of primary amides is 1. The average molecular weight is 177 g/mol. The molecule has 0 radical (unpaired) electrons. The molecule has 0 aliphatic carbocycles. The number of carbonyl (C=O) groups is 1. The molecule has 1 amide bonds. The third-order valence-electron chi connectivity index (χ3n) is 0.407. The van der Waals surface area contributed by atoms with Crippen LogP contribution >= 0.6 is 0 Å². The van der Waals surface area contributed by atoms with E-state index in [9.17, 15) is 4.79 Å². The molecule has 0 unspecified atom stereocenters. The van der Waals surface area contributed by atoms with Crippen molar-refractivity contribution in [1.82, 2.24) is 0 Å². The van der Waals surface area contributed by atoms with E-state index in [1.807, 2.05) is 27.7 Å². The third kappa shape index (κ3) is 34.8. The summed E-state index contributed by atoms with van der Waals surface area (Å²) >= 11 is 0. The highest BCUT2D eigenvalue weighted by atomic mass is 16.6. The van der Waals surface area contributed by atoms with E-state index in [0.717, 1.165) is 0 Å². The van der Waals surface area contributed by atoms with Crippen molar-refractivity contribution >= 4 is 6.09 Å². The van der Waals surface area contributed by atoms with Crippen molar-refractivity contribution in [1.29, 1.82) is 0 Å². The normalized spacial score (nSPS) is 8.25. The lowest BCUT2D eigenvalue weighted by Crippen LogP contribution is -2.27. The molecule has 0 aliphatic heterocycles. The average Bonchev–Trinajstić information content (AvgIpc) is 1.91. The van der Waals surface area contributed by atoms with Crippen LogP contribution in [0.5, 0.6) is 0 Å². The van der Waals surface area contributed by atoms with Gasteiger partial charge in [0.1, 0.15) is 5.60 Å². The molecule has 0 fully saturated rings. The highest BCUT2D eigenvalue weighted by molar-refractivity contribution is 5.65. The van der Waals surface area contributed by atoms with E-state index in [-0.39, 0.29) is 0 Å². The van der Waals surface area contributed by atoms with Crippen LogP contribution in [-0.4, -0.2) is 11.7 Å². The first kappa shape index (κ1) is 17.4. The smallest absolute Gasteiger partial charge is 0.405 e. The van der Waals surface area contributed by atoms with Crippen molar-refractivity contribution in [3.8, 4) is 0 Å². The Hall–Kier alpha value is -0.730. The summed E-state index contributed by atoms with van der Waals surface area (Å²) in [5.41, 5.74) is 4.26. The number of hydrogen-bond donors (Lipinski definition) is 1. The third-order valence-corrected chi connectivity index (χ3v) is 0.407. The second-order valence-electron chi connectivity index (χ2n) is 2.53. The lowest BCUT2D eigenvalue weighted by Gasteiger charge is -2.16. The van der Waals surface area contributed by atoms with Crippen LogP contribution in [0.25, 0.3) is 0 Å². The fourth-order valence-electron chi connectivity index (χ4n) is 0.302. The number of nitrogens with two attached hydrogens (primary N) is 1. The van der Waals surface area contributed by atoms with Crippen LogP contribution in [-0.2, 0) is 4.74 Å². The monoisotopic (exact) mass is 177 g/mol. The molecule has 3 heteroatoms. The molecule has 0 heterocycles. The van der Waals surface area contributed by atoms with Gasteiger partial charge >= 0.3 is 6.09 Å². The Kier molecular flexibility index (Phi) is 14.9. The molecule has 0 aromatic carbocycles. The van der Waals surface area contributed by atoms with Gasteiger partial charge in [0.25, 0.3) is 0 Å². The molecule has 2 N–H and O–H groups in total. The van der Waals surface area contributed by atoms with Gasteiger partial charge in [-0.2, -0.15) is 0 Å². The first-order chi connectivity index (χ1) is 5.42. The lowest BCUT2D eigenvalue weighted by molar-refractivity contribution is 0.0600. The molecule has 0 saturated carbocycles. The minimum Gasteiger partial charge on any atom is -0.444 e. The van der Waals surface area contributed by atoms with Gasteiger partial charge in [-0.1, -0.05) is 27.7 Å². The molecule has 0 aromatic rings.